The Balaban J connectivity index is 0.000000172. The predicted molar refractivity (Wildman–Crippen MR) is 214 cm³/mol. The molecule has 2 aliphatic rings. The number of carbonyl (C=O) groups is 2. The quantitative estimate of drug-likeness (QED) is 0.149. The van der Waals surface area contributed by atoms with Gasteiger partial charge in [0.2, 0.25) is 0 Å². The highest BCUT2D eigenvalue weighted by atomic mass is 16.5. The van der Waals surface area contributed by atoms with Gasteiger partial charge in [0.05, 0.1) is 48.4 Å². The number of nitrogens with zero attached hydrogens (tertiary/aromatic N) is 5. The van der Waals surface area contributed by atoms with E-state index in [0.717, 1.165) is 59.8 Å². The first-order valence-electron chi connectivity index (χ1n) is 18.5. The summed E-state index contributed by atoms with van der Waals surface area (Å²) in [5.74, 6) is -0.418. The second-order valence-corrected chi connectivity index (χ2v) is 13.4. The number of aryl methyl sites for hydroxylation is 2. The number of aromatic nitrogens is 4. The molecule has 2 aliphatic heterocycles. The second-order valence-electron chi connectivity index (χ2n) is 13.4. The van der Waals surface area contributed by atoms with Crippen LogP contribution in [0.5, 0.6) is 0 Å². The molecule has 0 radical (unpaired) electrons. The largest absolute Gasteiger partial charge is 0.371 e. The van der Waals surface area contributed by atoms with Gasteiger partial charge in [0.1, 0.15) is 11.4 Å². The summed E-state index contributed by atoms with van der Waals surface area (Å²) < 4.78 is 14.7. The number of anilines is 2. The SMILES string of the molecule is Cn1nc(-c2ccc(C#N)cc2)cc1C(=O)Nc1ccc([C@H]2CNCCO2)cc1.Cn1nc(-c2ccccc2)cc1C(=O)Nc1ccc([C@@H]2CNCCO2)cc1. The van der Waals surface area contributed by atoms with Crippen LogP contribution in [-0.4, -0.2) is 70.8 Å². The van der Waals surface area contributed by atoms with Crippen molar-refractivity contribution < 1.29 is 19.1 Å². The standard InChI is InChI=1S/C22H21N5O2.C21H22N4O2/c1-27-20(12-19(26-27)16-4-2-15(13-23)3-5-16)22(28)25-18-8-6-17(7-9-18)21-14-24-10-11-29-21;1-25-19(13-18(24-25)15-5-3-2-4-6-15)21(26)23-17-9-7-16(8-10-17)20-14-22-11-12-27-20/h2-9,12,21,24H,10-11,14H2,1H3,(H,25,28);2-10,13,20,22H,11-12,14H2,1H3,(H,23,26)/t21-;20-/m10/s1. The molecule has 0 spiro atoms. The van der Waals surface area contributed by atoms with Crippen LogP contribution in [0.2, 0.25) is 0 Å². The average molecular weight is 750 g/mol. The minimum atomic E-state index is -0.233. The molecule has 6 aromatic rings. The van der Waals surface area contributed by atoms with Crippen LogP contribution in [0, 0.1) is 11.3 Å². The van der Waals surface area contributed by atoms with Gasteiger partial charge in [-0.3, -0.25) is 19.0 Å². The highest BCUT2D eigenvalue weighted by Crippen LogP contribution is 2.24. The zero-order valence-corrected chi connectivity index (χ0v) is 31.2. The van der Waals surface area contributed by atoms with Gasteiger partial charge >= 0.3 is 0 Å². The molecular formula is C43H43N9O4. The topological polar surface area (TPSA) is 160 Å². The molecule has 4 N–H and O–H groups in total. The van der Waals surface area contributed by atoms with Gasteiger partial charge in [-0.25, -0.2) is 0 Å². The molecule has 4 aromatic carbocycles. The molecule has 0 bridgehead atoms. The summed E-state index contributed by atoms with van der Waals surface area (Å²) in [6.45, 7) is 4.78. The van der Waals surface area contributed by atoms with Crippen molar-refractivity contribution in [1.82, 2.24) is 30.2 Å². The van der Waals surface area contributed by atoms with Crippen molar-refractivity contribution in [2.45, 2.75) is 12.2 Å². The van der Waals surface area contributed by atoms with Gasteiger partial charge in [-0.2, -0.15) is 15.5 Å². The molecule has 13 heteroatoms. The number of hydrogen-bond acceptors (Lipinski definition) is 9. The summed E-state index contributed by atoms with van der Waals surface area (Å²) >= 11 is 0. The average Bonchev–Trinajstić information content (AvgIpc) is 3.85. The molecular weight excluding hydrogens is 707 g/mol. The molecule has 2 amide bonds. The van der Waals surface area contributed by atoms with Crippen LogP contribution in [-0.2, 0) is 23.6 Å². The number of nitrogens with one attached hydrogen (secondary N) is 4. The number of nitriles is 1. The fourth-order valence-electron chi connectivity index (χ4n) is 6.48. The predicted octanol–water partition coefficient (Wildman–Crippen LogP) is 5.87. The van der Waals surface area contributed by atoms with Gasteiger partial charge in [-0.05, 0) is 59.7 Å². The van der Waals surface area contributed by atoms with Crippen molar-refractivity contribution in [3.05, 3.63) is 143 Å². The fourth-order valence-corrected chi connectivity index (χ4v) is 6.48. The van der Waals surface area contributed by atoms with E-state index in [9.17, 15) is 9.59 Å². The zero-order valence-electron chi connectivity index (χ0n) is 31.2. The maximum Gasteiger partial charge on any atom is 0.273 e. The van der Waals surface area contributed by atoms with Gasteiger partial charge in [0, 0.05) is 62.8 Å². The van der Waals surface area contributed by atoms with Crippen LogP contribution in [0.3, 0.4) is 0 Å². The second kappa shape index (κ2) is 17.8. The lowest BCUT2D eigenvalue weighted by molar-refractivity contribution is 0.0276. The molecule has 0 aliphatic carbocycles. The fraction of sp³-hybridized carbons (Fsp3) is 0.233. The number of rotatable bonds is 8. The molecule has 56 heavy (non-hydrogen) atoms. The van der Waals surface area contributed by atoms with E-state index in [1.165, 1.54) is 0 Å². The Morgan fingerprint density at radius 2 is 1.11 bits per heavy atom. The number of carbonyl (C=O) groups excluding carboxylic acids is 2. The highest BCUT2D eigenvalue weighted by molar-refractivity contribution is 6.04. The van der Waals surface area contributed by atoms with Crippen LogP contribution >= 0.6 is 0 Å². The molecule has 2 fully saturated rings. The Labute approximate surface area is 325 Å². The highest BCUT2D eigenvalue weighted by Gasteiger charge is 2.19. The Hall–Kier alpha value is -6.43. The van der Waals surface area contributed by atoms with Gasteiger partial charge in [-0.1, -0.05) is 66.7 Å². The van der Waals surface area contributed by atoms with Crippen molar-refractivity contribution in [3.63, 3.8) is 0 Å². The van der Waals surface area contributed by atoms with E-state index < -0.39 is 0 Å². The Bertz CT molecular complexity index is 2280. The molecule has 4 heterocycles. The van der Waals surface area contributed by atoms with E-state index in [1.807, 2.05) is 91.0 Å². The lowest BCUT2D eigenvalue weighted by Crippen LogP contribution is -2.33. The first-order chi connectivity index (χ1) is 27.3. The van der Waals surface area contributed by atoms with Crippen LogP contribution in [0.15, 0.2) is 115 Å². The maximum absolute atomic E-state index is 12.7. The maximum atomic E-state index is 12.7. The third kappa shape index (κ3) is 9.26. The van der Waals surface area contributed by atoms with Gasteiger partial charge in [0.25, 0.3) is 11.8 Å². The molecule has 8 rings (SSSR count). The molecule has 2 saturated heterocycles. The van der Waals surface area contributed by atoms with E-state index in [1.54, 1.807) is 47.7 Å². The minimum absolute atomic E-state index is 0.0422. The molecule has 284 valence electrons. The van der Waals surface area contributed by atoms with E-state index in [-0.39, 0.29) is 24.0 Å². The smallest absolute Gasteiger partial charge is 0.273 e. The van der Waals surface area contributed by atoms with Crippen molar-refractivity contribution >= 4 is 23.2 Å². The van der Waals surface area contributed by atoms with E-state index >= 15 is 0 Å². The van der Waals surface area contributed by atoms with Gasteiger partial charge in [0.15, 0.2) is 0 Å². The lowest BCUT2D eigenvalue weighted by atomic mass is 10.1. The zero-order chi connectivity index (χ0) is 38.9. The van der Waals surface area contributed by atoms with Crippen molar-refractivity contribution in [1.29, 1.82) is 5.26 Å². The molecule has 0 saturated carbocycles. The lowest BCUT2D eigenvalue weighted by Gasteiger charge is -2.24. The van der Waals surface area contributed by atoms with E-state index in [4.69, 9.17) is 14.7 Å². The summed E-state index contributed by atoms with van der Waals surface area (Å²) in [4.78, 5) is 25.4. The summed E-state index contributed by atoms with van der Waals surface area (Å²) in [6, 6.07) is 38.1. The minimum Gasteiger partial charge on any atom is -0.371 e. The summed E-state index contributed by atoms with van der Waals surface area (Å²) in [5.41, 5.74) is 8.48. The van der Waals surface area contributed by atoms with E-state index in [2.05, 4.69) is 37.5 Å². The first-order valence-corrected chi connectivity index (χ1v) is 18.5. The first kappa shape index (κ1) is 37.9. The third-order valence-electron chi connectivity index (χ3n) is 9.54. The van der Waals surface area contributed by atoms with Crippen molar-refractivity contribution in [2.75, 3.05) is 50.0 Å². The normalized spacial score (nSPS) is 16.5. The molecule has 13 nitrogen and oxygen atoms in total. The van der Waals surface area contributed by atoms with Crippen molar-refractivity contribution in [3.8, 4) is 28.6 Å². The van der Waals surface area contributed by atoms with Crippen LogP contribution in [0.25, 0.3) is 22.5 Å². The third-order valence-corrected chi connectivity index (χ3v) is 9.54. The number of amides is 2. The van der Waals surface area contributed by atoms with Crippen molar-refractivity contribution in [2.24, 2.45) is 14.1 Å². The van der Waals surface area contributed by atoms with Crippen LogP contribution in [0.1, 0.15) is 49.9 Å². The van der Waals surface area contributed by atoms with Crippen LogP contribution < -0.4 is 21.3 Å². The summed E-state index contributed by atoms with van der Waals surface area (Å²) in [7, 11) is 3.51. The monoisotopic (exact) mass is 749 g/mol. The Morgan fingerprint density at radius 1 is 0.661 bits per heavy atom. The number of benzene rings is 4. The summed E-state index contributed by atoms with van der Waals surface area (Å²) in [5, 5.41) is 30.3. The summed E-state index contributed by atoms with van der Waals surface area (Å²) in [6.07, 6.45) is 0.106. The Morgan fingerprint density at radius 3 is 1.52 bits per heavy atom. The van der Waals surface area contributed by atoms with E-state index in [0.29, 0.717) is 41.5 Å². The van der Waals surface area contributed by atoms with Gasteiger partial charge < -0.3 is 30.7 Å². The molecule has 2 atom stereocenters. The molecule has 2 aromatic heterocycles. The van der Waals surface area contributed by atoms with Gasteiger partial charge in [-0.15, -0.1) is 0 Å². The Kier molecular flexibility index (Phi) is 12.0. The number of ether oxygens (including phenoxy) is 2. The molecule has 0 unspecified atom stereocenters. The van der Waals surface area contributed by atoms with Crippen LogP contribution in [0.4, 0.5) is 11.4 Å². The number of morpholine rings is 2. The number of hydrogen-bond donors (Lipinski definition) is 4.